The van der Waals surface area contributed by atoms with Gasteiger partial charge in [-0.1, -0.05) is 12.1 Å². The van der Waals surface area contributed by atoms with Gasteiger partial charge in [-0.2, -0.15) is 0 Å². The maximum atomic E-state index is 8.72. The molecule has 0 fully saturated rings. The van der Waals surface area contributed by atoms with Crippen LogP contribution in [0.3, 0.4) is 0 Å². The predicted octanol–water partition coefficient (Wildman–Crippen LogP) is 0.617. The topological polar surface area (TPSA) is 53.8 Å². The number of hydrogen-bond acceptors (Lipinski definition) is 4. The van der Waals surface area contributed by atoms with Gasteiger partial charge in [0.15, 0.2) is 0 Å². The highest BCUT2D eigenvalue weighted by molar-refractivity contribution is 5.78. The molecule has 0 saturated heterocycles. The minimum atomic E-state index is 0.222. The highest BCUT2D eigenvalue weighted by atomic mass is 16.6. The number of aliphatic hydroxyl groups excluding tert-OH is 1. The molecular formula is C9H20N2O2. The van der Waals surface area contributed by atoms with Gasteiger partial charge in [0.1, 0.15) is 6.61 Å². The van der Waals surface area contributed by atoms with Crippen molar-refractivity contribution in [2.45, 2.75) is 20.8 Å². The Bertz CT molecular complexity index is 145. The molecule has 0 rings (SSSR count). The molecule has 4 nitrogen and oxygen atoms in total. The van der Waals surface area contributed by atoms with Crippen molar-refractivity contribution in [1.29, 1.82) is 0 Å². The molecule has 2 N–H and O–H groups in total. The summed E-state index contributed by atoms with van der Waals surface area (Å²) in [5.41, 5.74) is 0.920. The first kappa shape index (κ1) is 12.4. The predicted molar refractivity (Wildman–Crippen MR) is 53.9 cm³/mol. The van der Waals surface area contributed by atoms with Crippen LogP contribution >= 0.6 is 0 Å². The van der Waals surface area contributed by atoms with Crippen molar-refractivity contribution in [3.8, 4) is 0 Å². The Morgan fingerprint density at radius 2 is 2.23 bits per heavy atom. The van der Waals surface area contributed by atoms with E-state index in [1.807, 2.05) is 20.8 Å². The molecule has 0 spiro atoms. The number of oxime groups is 1. The van der Waals surface area contributed by atoms with Gasteiger partial charge in [-0.3, -0.25) is 0 Å². The van der Waals surface area contributed by atoms with Gasteiger partial charge in [0.2, 0.25) is 0 Å². The lowest BCUT2D eigenvalue weighted by molar-refractivity contribution is 0.143. The first-order valence-corrected chi connectivity index (χ1v) is 4.61. The number of rotatable bonds is 7. The van der Waals surface area contributed by atoms with Crippen molar-refractivity contribution >= 4 is 5.71 Å². The van der Waals surface area contributed by atoms with Gasteiger partial charge in [-0.15, -0.1) is 0 Å². The van der Waals surface area contributed by atoms with Crippen molar-refractivity contribution in [2.75, 3.05) is 26.3 Å². The first-order valence-electron chi connectivity index (χ1n) is 4.61. The van der Waals surface area contributed by atoms with Crippen molar-refractivity contribution in [3.05, 3.63) is 0 Å². The lowest BCUT2D eigenvalue weighted by Crippen LogP contribution is -2.26. The monoisotopic (exact) mass is 188 g/mol. The van der Waals surface area contributed by atoms with Gasteiger partial charge in [0.25, 0.3) is 0 Å². The normalized spacial score (nSPS) is 12.3. The van der Waals surface area contributed by atoms with Crippen LogP contribution in [0.2, 0.25) is 0 Å². The first-order chi connectivity index (χ1) is 6.16. The van der Waals surface area contributed by atoms with Gasteiger partial charge in [0, 0.05) is 19.7 Å². The maximum absolute atomic E-state index is 8.72. The van der Waals surface area contributed by atoms with Crippen molar-refractivity contribution in [1.82, 2.24) is 5.32 Å². The average Bonchev–Trinajstić information content (AvgIpc) is 2.10. The fourth-order valence-electron chi connectivity index (χ4n) is 0.706. The molecule has 0 aliphatic rings. The van der Waals surface area contributed by atoms with Gasteiger partial charge < -0.3 is 15.3 Å². The van der Waals surface area contributed by atoms with E-state index in [9.17, 15) is 0 Å². The largest absolute Gasteiger partial charge is 0.396 e. The molecule has 0 heterocycles. The molecule has 0 amide bonds. The standard InChI is InChI=1S/C9H20N2O2/c1-8(2)11-13-5-4-10-6-9(3)7-12/h9-10,12H,4-7H2,1-3H3. The van der Waals surface area contributed by atoms with Gasteiger partial charge in [0.05, 0.1) is 5.71 Å². The number of aliphatic hydroxyl groups is 1. The Hall–Kier alpha value is -0.610. The Kier molecular flexibility index (Phi) is 7.63. The van der Waals surface area contributed by atoms with Crippen LogP contribution in [0.25, 0.3) is 0 Å². The molecule has 0 saturated carbocycles. The van der Waals surface area contributed by atoms with Crippen LogP contribution in [-0.4, -0.2) is 37.1 Å². The summed E-state index contributed by atoms with van der Waals surface area (Å²) < 4.78 is 0. The second kappa shape index (κ2) is 8.01. The molecule has 1 atom stereocenters. The smallest absolute Gasteiger partial charge is 0.129 e. The highest BCUT2D eigenvalue weighted by Crippen LogP contribution is 1.87. The molecule has 0 aliphatic heterocycles. The van der Waals surface area contributed by atoms with Crippen LogP contribution in [0.1, 0.15) is 20.8 Å². The zero-order valence-electron chi connectivity index (χ0n) is 8.71. The van der Waals surface area contributed by atoms with Crippen LogP contribution in [0.15, 0.2) is 5.16 Å². The summed E-state index contributed by atoms with van der Waals surface area (Å²) in [6.45, 7) is 8.14. The van der Waals surface area contributed by atoms with Gasteiger partial charge in [-0.05, 0) is 19.8 Å². The lowest BCUT2D eigenvalue weighted by Gasteiger charge is -2.08. The van der Waals surface area contributed by atoms with Crippen molar-refractivity contribution in [2.24, 2.45) is 11.1 Å². The molecule has 0 aromatic rings. The fourth-order valence-corrected chi connectivity index (χ4v) is 0.706. The lowest BCUT2D eigenvalue weighted by atomic mass is 10.2. The Labute approximate surface area is 80.0 Å². The Morgan fingerprint density at radius 3 is 2.77 bits per heavy atom. The van der Waals surface area contributed by atoms with E-state index in [-0.39, 0.29) is 6.61 Å². The minimum Gasteiger partial charge on any atom is -0.396 e. The molecule has 0 aromatic carbocycles. The molecule has 0 radical (unpaired) electrons. The molecule has 4 heteroatoms. The molecular weight excluding hydrogens is 168 g/mol. The maximum Gasteiger partial charge on any atom is 0.129 e. The minimum absolute atomic E-state index is 0.222. The van der Waals surface area contributed by atoms with E-state index in [0.29, 0.717) is 12.5 Å². The van der Waals surface area contributed by atoms with Gasteiger partial charge in [-0.25, -0.2) is 0 Å². The SMILES string of the molecule is CC(C)=NOCCNCC(C)CO. The average molecular weight is 188 g/mol. The summed E-state index contributed by atoms with van der Waals surface area (Å²) in [6, 6.07) is 0. The van der Waals surface area contributed by atoms with E-state index in [4.69, 9.17) is 9.94 Å². The zero-order chi connectivity index (χ0) is 10.1. The van der Waals surface area contributed by atoms with Crippen molar-refractivity contribution < 1.29 is 9.94 Å². The van der Waals surface area contributed by atoms with Crippen molar-refractivity contribution in [3.63, 3.8) is 0 Å². The number of nitrogens with one attached hydrogen (secondary N) is 1. The van der Waals surface area contributed by atoms with E-state index in [2.05, 4.69) is 10.5 Å². The molecule has 78 valence electrons. The van der Waals surface area contributed by atoms with Crippen LogP contribution in [0, 0.1) is 5.92 Å². The van der Waals surface area contributed by atoms with Crippen LogP contribution in [0.4, 0.5) is 0 Å². The third-order valence-corrected chi connectivity index (χ3v) is 1.42. The number of nitrogens with zero attached hydrogens (tertiary/aromatic N) is 1. The molecule has 0 aromatic heterocycles. The summed E-state index contributed by atoms with van der Waals surface area (Å²) in [4.78, 5) is 4.97. The van der Waals surface area contributed by atoms with Gasteiger partial charge >= 0.3 is 0 Å². The Morgan fingerprint density at radius 1 is 1.54 bits per heavy atom. The van der Waals surface area contributed by atoms with E-state index in [1.54, 1.807) is 0 Å². The molecule has 0 bridgehead atoms. The summed E-state index contributed by atoms with van der Waals surface area (Å²) in [7, 11) is 0. The molecule has 0 aliphatic carbocycles. The third-order valence-electron chi connectivity index (χ3n) is 1.42. The quantitative estimate of drug-likeness (QED) is 0.350. The zero-order valence-corrected chi connectivity index (χ0v) is 8.71. The second-order valence-corrected chi connectivity index (χ2v) is 3.36. The van der Waals surface area contributed by atoms with E-state index in [0.717, 1.165) is 18.8 Å². The Balaban J connectivity index is 3.13. The summed E-state index contributed by atoms with van der Waals surface area (Å²) >= 11 is 0. The highest BCUT2D eigenvalue weighted by Gasteiger charge is 1.97. The fraction of sp³-hybridized carbons (Fsp3) is 0.889. The summed E-state index contributed by atoms with van der Waals surface area (Å²) in [5, 5.41) is 15.7. The second-order valence-electron chi connectivity index (χ2n) is 3.36. The van der Waals surface area contributed by atoms with Crippen LogP contribution in [-0.2, 0) is 4.84 Å². The third kappa shape index (κ3) is 9.30. The van der Waals surface area contributed by atoms with E-state index >= 15 is 0 Å². The van der Waals surface area contributed by atoms with Crippen LogP contribution in [0.5, 0.6) is 0 Å². The summed E-state index contributed by atoms with van der Waals surface area (Å²) in [6.07, 6.45) is 0. The summed E-state index contributed by atoms with van der Waals surface area (Å²) in [5.74, 6) is 0.302. The van der Waals surface area contributed by atoms with Crippen LogP contribution < -0.4 is 5.32 Å². The van der Waals surface area contributed by atoms with E-state index in [1.165, 1.54) is 0 Å². The number of hydrogen-bond donors (Lipinski definition) is 2. The molecule has 13 heavy (non-hydrogen) atoms. The van der Waals surface area contributed by atoms with E-state index < -0.39 is 0 Å². The molecule has 1 unspecified atom stereocenters.